The van der Waals surface area contributed by atoms with Crippen molar-refractivity contribution in [2.75, 3.05) is 0 Å². The van der Waals surface area contributed by atoms with E-state index in [1.165, 1.54) is 12.1 Å². The molecular formula is C9H11ClN2O2. The van der Waals surface area contributed by atoms with E-state index in [9.17, 15) is 4.79 Å². The average Bonchev–Trinajstić information content (AvgIpc) is 2.04. The fourth-order valence-electron chi connectivity index (χ4n) is 0.882. The number of rotatable bonds is 2. The molecule has 0 saturated heterocycles. The minimum Gasteiger partial charge on any atom is -0.478 e. The van der Waals surface area contributed by atoms with Crippen LogP contribution in [0.4, 0.5) is 5.69 Å². The standard InChI is InChI=1S/C9H10N2O2.ClH/c1-6(10)11-8-4-2-7(3-5-8)9(12)13;/h2-5H,1H3,(H2,10,11)(H,12,13);1H. The lowest BCUT2D eigenvalue weighted by molar-refractivity contribution is 0.0697. The van der Waals surface area contributed by atoms with E-state index < -0.39 is 5.97 Å². The van der Waals surface area contributed by atoms with Gasteiger partial charge in [-0.25, -0.2) is 9.79 Å². The summed E-state index contributed by atoms with van der Waals surface area (Å²) in [6.07, 6.45) is 0. The monoisotopic (exact) mass is 214 g/mol. The fourth-order valence-corrected chi connectivity index (χ4v) is 0.882. The Morgan fingerprint density at radius 2 is 1.86 bits per heavy atom. The van der Waals surface area contributed by atoms with Crippen LogP contribution in [0.5, 0.6) is 0 Å². The Hall–Kier alpha value is -1.55. The lowest BCUT2D eigenvalue weighted by Crippen LogP contribution is -2.03. The Balaban J connectivity index is 0.00000169. The molecule has 0 radical (unpaired) electrons. The third-order valence-corrected chi connectivity index (χ3v) is 1.42. The van der Waals surface area contributed by atoms with Crippen molar-refractivity contribution in [2.45, 2.75) is 6.92 Å². The molecule has 0 saturated carbocycles. The van der Waals surface area contributed by atoms with Crippen molar-refractivity contribution < 1.29 is 9.90 Å². The van der Waals surface area contributed by atoms with Crippen LogP contribution in [0.2, 0.25) is 0 Å². The van der Waals surface area contributed by atoms with Crippen molar-refractivity contribution in [2.24, 2.45) is 10.7 Å². The quantitative estimate of drug-likeness (QED) is 0.582. The smallest absolute Gasteiger partial charge is 0.335 e. The van der Waals surface area contributed by atoms with Gasteiger partial charge in [0.05, 0.1) is 17.1 Å². The van der Waals surface area contributed by atoms with Gasteiger partial charge in [0.15, 0.2) is 0 Å². The lowest BCUT2D eigenvalue weighted by atomic mass is 10.2. The molecule has 0 spiro atoms. The molecule has 1 aromatic carbocycles. The Bertz CT molecular complexity index is 342. The number of nitrogens with two attached hydrogens (primary N) is 1. The number of halogens is 1. The maximum atomic E-state index is 10.5. The SMILES string of the molecule is CC(N)=Nc1ccc(C(=O)O)cc1.Cl. The first-order chi connectivity index (χ1) is 6.09. The molecule has 1 rings (SSSR count). The van der Waals surface area contributed by atoms with Gasteiger partial charge in [-0.15, -0.1) is 12.4 Å². The average molecular weight is 215 g/mol. The highest BCUT2D eigenvalue weighted by Crippen LogP contribution is 2.12. The van der Waals surface area contributed by atoms with Crippen LogP contribution in [0.25, 0.3) is 0 Å². The van der Waals surface area contributed by atoms with Crippen LogP contribution in [-0.2, 0) is 0 Å². The van der Waals surface area contributed by atoms with E-state index >= 15 is 0 Å². The largest absolute Gasteiger partial charge is 0.478 e. The number of carboxylic acid groups (broad SMARTS) is 1. The molecule has 0 amide bonds. The highest BCUT2D eigenvalue weighted by Gasteiger charge is 2.00. The molecule has 76 valence electrons. The lowest BCUT2D eigenvalue weighted by Gasteiger charge is -1.96. The van der Waals surface area contributed by atoms with Crippen molar-refractivity contribution in [1.29, 1.82) is 0 Å². The first-order valence-corrected chi connectivity index (χ1v) is 3.73. The summed E-state index contributed by atoms with van der Waals surface area (Å²) in [4.78, 5) is 14.4. The van der Waals surface area contributed by atoms with Crippen LogP contribution in [0.1, 0.15) is 17.3 Å². The van der Waals surface area contributed by atoms with Crippen LogP contribution in [0.3, 0.4) is 0 Å². The molecule has 0 atom stereocenters. The zero-order chi connectivity index (χ0) is 9.84. The zero-order valence-electron chi connectivity index (χ0n) is 7.60. The predicted molar refractivity (Wildman–Crippen MR) is 57.6 cm³/mol. The molecule has 0 bridgehead atoms. The number of nitrogens with zero attached hydrogens (tertiary/aromatic N) is 1. The fraction of sp³-hybridized carbons (Fsp3) is 0.111. The molecule has 3 N–H and O–H groups in total. The van der Waals surface area contributed by atoms with Gasteiger partial charge in [0, 0.05) is 0 Å². The number of amidine groups is 1. The highest BCUT2D eigenvalue weighted by molar-refractivity contribution is 5.88. The molecule has 4 nitrogen and oxygen atoms in total. The highest BCUT2D eigenvalue weighted by atomic mass is 35.5. The normalized spacial score (nSPS) is 10.5. The van der Waals surface area contributed by atoms with Crippen molar-refractivity contribution in [3.8, 4) is 0 Å². The molecule has 14 heavy (non-hydrogen) atoms. The first kappa shape index (κ1) is 12.4. The molecule has 0 aliphatic heterocycles. The third-order valence-electron chi connectivity index (χ3n) is 1.42. The van der Waals surface area contributed by atoms with Gasteiger partial charge >= 0.3 is 5.97 Å². The third kappa shape index (κ3) is 3.45. The summed E-state index contributed by atoms with van der Waals surface area (Å²) in [5, 5.41) is 8.60. The van der Waals surface area contributed by atoms with E-state index in [0.717, 1.165) is 0 Å². The number of aliphatic imine (C=N–C) groups is 1. The number of benzene rings is 1. The van der Waals surface area contributed by atoms with Gasteiger partial charge in [-0.1, -0.05) is 0 Å². The van der Waals surface area contributed by atoms with E-state index in [0.29, 0.717) is 11.5 Å². The Morgan fingerprint density at radius 3 is 2.21 bits per heavy atom. The van der Waals surface area contributed by atoms with Crippen molar-refractivity contribution in [1.82, 2.24) is 0 Å². The number of carbonyl (C=O) groups is 1. The summed E-state index contributed by atoms with van der Waals surface area (Å²) in [5.74, 6) is -0.497. The van der Waals surface area contributed by atoms with E-state index in [-0.39, 0.29) is 18.0 Å². The summed E-state index contributed by atoms with van der Waals surface area (Å²) in [7, 11) is 0. The van der Waals surface area contributed by atoms with E-state index in [4.69, 9.17) is 10.8 Å². The van der Waals surface area contributed by atoms with Crippen LogP contribution < -0.4 is 5.73 Å². The molecule has 5 heteroatoms. The number of hydrogen-bond donors (Lipinski definition) is 2. The molecule has 0 fully saturated rings. The second-order valence-electron chi connectivity index (χ2n) is 2.61. The number of carboxylic acids is 1. The van der Waals surface area contributed by atoms with Gasteiger partial charge in [-0.2, -0.15) is 0 Å². The van der Waals surface area contributed by atoms with Gasteiger partial charge in [-0.3, -0.25) is 0 Å². The van der Waals surface area contributed by atoms with Gasteiger partial charge < -0.3 is 10.8 Å². The van der Waals surface area contributed by atoms with Crippen molar-refractivity contribution >= 4 is 29.9 Å². The van der Waals surface area contributed by atoms with Gasteiger partial charge in [-0.05, 0) is 31.2 Å². The second-order valence-corrected chi connectivity index (χ2v) is 2.61. The summed E-state index contributed by atoms with van der Waals surface area (Å²) < 4.78 is 0. The summed E-state index contributed by atoms with van der Waals surface area (Å²) >= 11 is 0. The topological polar surface area (TPSA) is 75.7 Å². The predicted octanol–water partition coefficient (Wildman–Crippen LogP) is 1.82. The van der Waals surface area contributed by atoms with Crippen molar-refractivity contribution in [3.63, 3.8) is 0 Å². The Morgan fingerprint density at radius 1 is 1.36 bits per heavy atom. The minimum atomic E-state index is -0.944. The molecule has 0 unspecified atom stereocenters. The van der Waals surface area contributed by atoms with Crippen LogP contribution >= 0.6 is 12.4 Å². The molecule has 0 aliphatic carbocycles. The number of hydrogen-bond acceptors (Lipinski definition) is 2. The van der Waals surface area contributed by atoms with Crippen molar-refractivity contribution in [3.05, 3.63) is 29.8 Å². The van der Waals surface area contributed by atoms with Gasteiger partial charge in [0.1, 0.15) is 0 Å². The maximum Gasteiger partial charge on any atom is 0.335 e. The molecule has 0 aromatic heterocycles. The first-order valence-electron chi connectivity index (χ1n) is 3.73. The van der Waals surface area contributed by atoms with E-state index in [1.807, 2.05) is 0 Å². The van der Waals surface area contributed by atoms with E-state index in [2.05, 4.69) is 4.99 Å². The van der Waals surface area contributed by atoms with Gasteiger partial charge in [0.2, 0.25) is 0 Å². The zero-order valence-corrected chi connectivity index (χ0v) is 8.41. The van der Waals surface area contributed by atoms with Crippen LogP contribution in [0.15, 0.2) is 29.3 Å². The summed E-state index contributed by atoms with van der Waals surface area (Å²) in [6, 6.07) is 6.20. The van der Waals surface area contributed by atoms with E-state index in [1.54, 1.807) is 19.1 Å². The molecule has 0 heterocycles. The maximum absolute atomic E-state index is 10.5. The molecular weight excluding hydrogens is 204 g/mol. The van der Waals surface area contributed by atoms with Gasteiger partial charge in [0.25, 0.3) is 0 Å². The Kier molecular flexibility index (Phi) is 4.66. The van der Waals surface area contributed by atoms with Crippen LogP contribution in [0, 0.1) is 0 Å². The summed E-state index contributed by atoms with van der Waals surface area (Å²) in [5.41, 5.74) is 6.26. The minimum absolute atomic E-state index is 0. The number of aromatic carboxylic acids is 1. The molecule has 0 aliphatic rings. The summed E-state index contributed by atoms with van der Waals surface area (Å²) in [6.45, 7) is 1.67. The molecule has 1 aromatic rings. The Labute approximate surface area is 87.9 Å². The second kappa shape index (κ2) is 5.24. The van der Waals surface area contributed by atoms with Crippen LogP contribution in [-0.4, -0.2) is 16.9 Å².